The van der Waals surface area contributed by atoms with Crippen LogP contribution in [0.15, 0.2) is 41.3 Å². The van der Waals surface area contributed by atoms with E-state index in [2.05, 4.69) is 4.72 Å². The fraction of sp³-hybridized carbons (Fsp3) is 0.200. The van der Waals surface area contributed by atoms with E-state index >= 15 is 0 Å². The van der Waals surface area contributed by atoms with Crippen molar-refractivity contribution in [2.24, 2.45) is 0 Å². The van der Waals surface area contributed by atoms with Crippen LogP contribution >= 0.6 is 11.6 Å². The van der Waals surface area contributed by atoms with E-state index in [-0.39, 0.29) is 9.92 Å². The summed E-state index contributed by atoms with van der Waals surface area (Å²) >= 11 is 5.97. The number of rotatable bonds is 3. The molecule has 1 heterocycles. The number of benzene rings is 2. The number of fused-ring (bicyclic) bond motifs is 1. The molecule has 0 saturated heterocycles. The summed E-state index contributed by atoms with van der Waals surface area (Å²) in [4.78, 5) is 0.0333. The van der Waals surface area contributed by atoms with Crippen LogP contribution in [0.5, 0.6) is 11.5 Å². The van der Waals surface area contributed by atoms with Crippen LogP contribution in [-0.2, 0) is 10.0 Å². The van der Waals surface area contributed by atoms with Gasteiger partial charge in [0, 0.05) is 6.07 Å². The lowest BCUT2D eigenvalue weighted by atomic mass is 10.2. The Morgan fingerprint density at radius 1 is 1.09 bits per heavy atom. The van der Waals surface area contributed by atoms with Gasteiger partial charge in [0.15, 0.2) is 11.5 Å². The van der Waals surface area contributed by atoms with Gasteiger partial charge in [0.1, 0.15) is 18.1 Å². The topological polar surface area (TPSA) is 64.6 Å². The number of hydrogen-bond acceptors (Lipinski definition) is 4. The fourth-order valence-corrected chi connectivity index (χ4v) is 3.81. The summed E-state index contributed by atoms with van der Waals surface area (Å²) in [5.41, 5.74) is 1.17. The van der Waals surface area contributed by atoms with Gasteiger partial charge < -0.3 is 9.47 Å². The second-order valence-electron chi connectivity index (χ2n) is 4.85. The molecule has 1 aliphatic rings. The van der Waals surface area contributed by atoms with E-state index in [0.717, 1.165) is 5.56 Å². The molecule has 0 aromatic heterocycles. The zero-order chi connectivity index (χ0) is 15.7. The average molecular weight is 340 g/mol. The Kier molecular flexibility index (Phi) is 3.88. The van der Waals surface area contributed by atoms with Crippen molar-refractivity contribution in [2.45, 2.75) is 11.8 Å². The van der Waals surface area contributed by atoms with Gasteiger partial charge in [0.25, 0.3) is 10.0 Å². The maximum atomic E-state index is 12.5. The number of nitrogens with one attached hydrogen (secondary N) is 1. The van der Waals surface area contributed by atoms with Gasteiger partial charge in [-0.2, -0.15) is 0 Å². The molecule has 0 fully saturated rings. The average Bonchev–Trinajstić information content (AvgIpc) is 2.48. The molecule has 2 aromatic rings. The first-order valence-electron chi connectivity index (χ1n) is 6.65. The molecule has 0 spiro atoms. The Balaban J connectivity index is 1.98. The summed E-state index contributed by atoms with van der Waals surface area (Å²) < 4.78 is 38.4. The van der Waals surface area contributed by atoms with Gasteiger partial charge in [-0.25, -0.2) is 8.42 Å². The van der Waals surface area contributed by atoms with Crippen molar-refractivity contribution in [3.63, 3.8) is 0 Å². The molecular formula is C15H14ClNO4S. The molecule has 0 amide bonds. The van der Waals surface area contributed by atoms with Gasteiger partial charge in [0.05, 0.1) is 10.7 Å². The minimum atomic E-state index is -3.77. The van der Waals surface area contributed by atoms with E-state index in [1.165, 1.54) is 12.1 Å². The molecule has 3 rings (SSSR count). The van der Waals surface area contributed by atoms with E-state index in [1.54, 1.807) is 31.2 Å². The highest BCUT2D eigenvalue weighted by Crippen LogP contribution is 2.36. The van der Waals surface area contributed by atoms with E-state index in [9.17, 15) is 8.42 Å². The largest absolute Gasteiger partial charge is 0.486 e. The Hall–Kier alpha value is -1.92. The Labute approximate surface area is 133 Å². The van der Waals surface area contributed by atoms with Crippen LogP contribution in [0.2, 0.25) is 5.02 Å². The molecule has 7 heteroatoms. The SMILES string of the molecule is Cc1cc2c(cc1NS(=O)(=O)c1ccccc1Cl)OCCO2. The molecule has 0 saturated carbocycles. The van der Waals surface area contributed by atoms with Crippen LogP contribution in [-0.4, -0.2) is 21.6 Å². The van der Waals surface area contributed by atoms with Gasteiger partial charge >= 0.3 is 0 Å². The van der Waals surface area contributed by atoms with E-state index < -0.39 is 10.0 Å². The monoisotopic (exact) mass is 339 g/mol. The first kappa shape index (κ1) is 15.0. The maximum absolute atomic E-state index is 12.5. The maximum Gasteiger partial charge on any atom is 0.263 e. The standard InChI is InChI=1S/C15H14ClNO4S/c1-10-8-13-14(21-7-6-20-13)9-12(10)17-22(18,19)15-5-3-2-4-11(15)16/h2-5,8-9,17H,6-7H2,1H3. The molecule has 0 atom stereocenters. The van der Waals surface area contributed by atoms with Crippen molar-refractivity contribution in [2.75, 3.05) is 17.9 Å². The lowest BCUT2D eigenvalue weighted by Crippen LogP contribution is -2.17. The predicted octanol–water partition coefficient (Wildman–Crippen LogP) is 3.22. The lowest BCUT2D eigenvalue weighted by Gasteiger charge is -2.21. The Bertz CT molecular complexity index is 820. The van der Waals surface area contributed by atoms with Crippen LogP contribution in [0.1, 0.15) is 5.56 Å². The van der Waals surface area contributed by atoms with Crippen LogP contribution in [0.25, 0.3) is 0 Å². The zero-order valence-corrected chi connectivity index (χ0v) is 13.4. The molecule has 116 valence electrons. The molecular weight excluding hydrogens is 326 g/mol. The summed E-state index contributed by atoms with van der Waals surface area (Å²) in [6.07, 6.45) is 0. The summed E-state index contributed by atoms with van der Waals surface area (Å²) in [6.45, 7) is 2.71. The zero-order valence-electron chi connectivity index (χ0n) is 11.8. The van der Waals surface area contributed by atoms with Crippen LogP contribution in [0.4, 0.5) is 5.69 Å². The number of halogens is 1. The molecule has 1 N–H and O–H groups in total. The second kappa shape index (κ2) is 5.70. The number of ether oxygens (including phenoxy) is 2. The van der Waals surface area contributed by atoms with Crippen LogP contribution in [0, 0.1) is 6.92 Å². The first-order chi connectivity index (χ1) is 10.5. The number of sulfonamides is 1. The normalized spacial score (nSPS) is 13.7. The Morgan fingerprint density at radius 2 is 1.73 bits per heavy atom. The molecule has 2 aromatic carbocycles. The number of anilines is 1. The smallest absolute Gasteiger partial charge is 0.263 e. The minimum absolute atomic E-state index is 0.0333. The minimum Gasteiger partial charge on any atom is -0.486 e. The van der Waals surface area contributed by atoms with Crippen LogP contribution in [0.3, 0.4) is 0 Å². The van der Waals surface area contributed by atoms with Crippen molar-refractivity contribution >= 4 is 27.3 Å². The molecule has 5 nitrogen and oxygen atoms in total. The fourth-order valence-electron chi connectivity index (χ4n) is 2.16. The van der Waals surface area contributed by atoms with Crippen molar-refractivity contribution in [3.8, 4) is 11.5 Å². The molecule has 22 heavy (non-hydrogen) atoms. The highest BCUT2D eigenvalue weighted by atomic mass is 35.5. The quantitative estimate of drug-likeness (QED) is 0.932. The highest BCUT2D eigenvalue weighted by Gasteiger charge is 2.21. The van der Waals surface area contributed by atoms with Crippen molar-refractivity contribution in [1.29, 1.82) is 0 Å². The molecule has 0 radical (unpaired) electrons. The summed E-state index contributed by atoms with van der Waals surface area (Å²) in [5.74, 6) is 1.14. The third kappa shape index (κ3) is 2.84. The molecule has 1 aliphatic heterocycles. The van der Waals surface area contributed by atoms with Crippen molar-refractivity contribution < 1.29 is 17.9 Å². The molecule has 0 aliphatic carbocycles. The predicted molar refractivity (Wildman–Crippen MR) is 84.4 cm³/mol. The Morgan fingerprint density at radius 3 is 2.41 bits per heavy atom. The highest BCUT2D eigenvalue weighted by molar-refractivity contribution is 7.92. The number of aryl methyl sites for hydroxylation is 1. The molecule has 0 bridgehead atoms. The molecule has 0 unspecified atom stereocenters. The van der Waals surface area contributed by atoms with Crippen molar-refractivity contribution in [3.05, 3.63) is 47.0 Å². The second-order valence-corrected chi connectivity index (χ2v) is 6.90. The van der Waals surface area contributed by atoms with E-state index in [0.29, 0.717) is 30.4 Å². The third-order valence-electron chi connectivity index (χ3n) is 3.26. The van der Waals surface area contributed by atoms with E-state index in [1.807, 2.05) is 0 Å². The third-order valence-corrected chi connectivity index (χ3v) is 5.12. The van der Waals surface area contributed by atoms with Gasteiger partial charge in [-0.3, -0.25) is 4.72 Å². The van der Waals surface area contributed by atoms with Gasteiger partial charge in [-0.15, -0.1) is 0 Å². The first-order valence-corrected chi connectivity index (χ1v) is 8.51. The van der Waals surface area contributed by atoms with Gasteiger partial charge in [-0.1, -0.05) is 23.7 Å². The summed E-state index contributed by atoms with van der Waals surface area (Å²) in [7, 11) is -3.77. The summed E-state index contributed by atoms with van der Waals surface area (Å²) in [6, 6.07) is 9.66. The van der Waals surface area contributed by atoms with Crippen LogP contribution < -0.4 is 14.2 Å². The van der Waals surface area contributed by atoms with Gasteiger partial charge in [0.2, 0.25) is 0 Å². The van der Waals surface area contributed by atoms with Gasteiger partial charge in [-0.05, 0) is 30.7 Å². The van der Waals surface area contributed by atoms with E-state index in [4.69, 9.17) is 21.1 Å². The summed E-state index contributed by atoms with van der Waals surface area (Å²) in [5, 5.41) is 0.171. The lowest BCUT2D eigenvalue weighted by molar-refractivity contribution is 0.171. The number of hydrogen-bond donors (Lipinski definition) is 1. The van der Waals surface area contributed by atoms with Crippen molar-refractivity contribution in [1.82, 2.24) is 0 Å².